The first kappa shape index (κ1) is 7.90. The lowest BCUT2D eigenvalue weighted by Crippen LogP contribution is -2.41. The molecule has 1 fully saturated rings. The van der Waals surface area contributed by atoms with Gasteiger partial charge in [-0.15, -0.1) is 0 Å². The Balaban J connectivity index is 2.53. The van der Waals surface area contributed by atoms with Crippen molar-refractivity contribution in [1.29, 1.82) is 0 Å². The zero-order valence-corrected chi connectivity index (χ0v) is 5.34. The monoisotopic (exact) mass is 149 g/mol. The molecule has 0 aromatic rings. The minimum Gasteiger partial charge on any atom is -0.394 e. The Kier molecular flexibility index (Phi) is 2.22. The molecule has 1 aliphatic rings. The van der Waals surface area contributed by atoms with E-state index in [1.54, 1.807) is 0 Å². The summed E-state index contributed by atoms with van der Waals surface area (Å²) < 4.78 is 4.67. The number of rotatable bonds is 1. The van der Waals surface area contributed by atoms with Crippen molar-refractivity contribution >= 4 is 0 Å². The molecular formula is C5H11NO4. The van der Waals surface area contributed by atoms with Crippen molar-refractivity contribution < 1.29 is 20.1 Å². The highest BCUT2D eigenvalue weighted by molar-refractivity contribution is 4.88. The van der Waals surface area contributed by atoms with Crippen LogP contribution in [0.4, 0.5) is 0 Å². The van der Waals surface area contributed by atoms with Gasteiger partial charge in [0.15, 0.2) is 6.29 Å². The minimum atomic E-state index is -1.26. The van der Waals surface area contributed by atoms with Crippen LogP contribution >= 0.6 is 0 Å². The highest BCUT2D eigenvalue weighted by Gasteiger charge is 2.39. The van der Waals surface area contributed by atoms with Gasteiger partial charge in [0.05, 0.1) is 12.6 Å². The highest BCUT2D eigenvalue weighted by Crippen LogP contribution is 2.16. The third-order valence-corrected chi connectivity index (χ3v) is 1.61. The van der Waals surface area contributed by atoms with Crippen LogP contribution in [0, 0.1) is 0 Å². The maximum Gasteiger partial charge on any atom is 0.182 e. The molecule has 1 rings (SSSR count). The molecule has 0 aliphatic carbocycles. The zero-order chi connectivity index (χ0) is 7.72. The largest absolute Gasteiger partial charge is 0.394 e. The predicted octanol–water partition coefficient (Wildman–Crippen LogP) is -2.62. The van der Waals surface area contributed by atoms with Gasteiger partial charge in [-0.1, -0.05) is 0 Å². The van der Waals surface area contributed by atoms with Crippen LogP contribution in [0.25, 0.3) is 0 Å². The smallest absolute Gasteiger partial charge is 0.182 e. The van der Waals surface area contributed by atoms with E-state index < -0.39 is 24.5 Å². The van der Waals surface area contributed by atoms with Gasteiger partial charge in [-0.05, 0) is 0 Å². The van der Waals surface area contributed by atoms with E-state index in [9.17, 15) is 0 Å². The number of ether oxygens (including phenoxy) is 1. The number of aliphatic hydroxyl groups is 3. The molecule has 0 bridgehead atoms. The standard InChI is InChI=1S/C5H11NO4/c6-3-2(1-7)10-5(9)4(3)8/h2-5,7-9H,1,6H2/t2-,3+,4+,5-/m1/s1. The molecular weight excluding hydrogens is 138 g/mol. The van der Waals surface area contributed by atoms with E-state index in [4.69, 9.17) is 21.1 Å². The topological polar surface area (TPSA) is 95.9 Å². The Morgan fingerprint density at radius 1 is 1.40 bits per heavy atom. The molecule has 0 aromatic carbocycles. The molecule has 5 nitrogen and oxygen atoms in total. The van der Waals surface area contributed by atoms with Crippen molar-refractivity contribution in [3.05, 3.63) is 0 Å². The van der Waals surface area contributed by atoms with E-state index in [2.05, 4.69) is 4.74 Å². The van der Waals surface area contributed by atoms with Crippen molar-refractivity contribution in [2.24, 2.45) is 5.73 Å². The molecule has 10 heavy (non-hydrogen) atoms. The van der Waals surface area contributed by atoms with Crippen LogP contribution in [0.15, 0.2) is 0 Å². The summed E-state index contributed by atoms with van der Waals surface area (Å²) in [4.78, 5) is 0. The molecule has 5 N–H and O–H groups in total. The first-order valence-electron chi connectivity index (χ1n) is 3.05. The number of nitrogens with two attached hydrogens (primary N) is 1. The number of hydrogen-bond donors (Lipinski definition) is 4. The van der Waals surface area contributed by atoms with Crippen molar-refractivity contribution in [3.8, 4) is 0 Å². The second-order valence-electron chi connectivity index (χ2n) is 2.32. The van der Waals surface area contributed by atoms with Crippen LogP contribution in [0.1, 0.15) is 0 Å². The first-order valence-corrected chi connectivity index (χ1v) is 3.05. The van der Waals surface area contributed by atoms with Gasteiger partial charge in [0.2, 0.25) is 0 Å². The molecule has 4 atom stereocenters. The normalized spacial score (nSPS) is 48.0. The second kappa shape index (κ2) is 2.81. The maximum atomic E-state index is 8.96. The lowest BCUT2D eigenvalue weighted by Gasteiger charge is -2.10. The van der Waals surface area contributed by atoms with Gasteiger partial charge in [0.1, 0.15) is 12.2 Å². The molecule has 1 aliphatic heterocycles. The average molecular weight is 149 g/mol. The van der Waals surface area contributed by atoms with Gasteiger partial charge in [-0.25, -0.2) is 0 Å². The molecule has 0 unspecified atom stereocenters. The Bertz CT molecular complexity index is 120. The van der Waals surface area contributed by atoms with E-state index >= 15 is 0 Å². The molecule has 1 heterocycles. The molecule has 0 amide bonds. The Hall–Kier alpha value is -0.200. The van der Waals surface area contributed by atoms with Crippen LogP contribution in [0.5, 0.6) is 0 Å². The van der Waals surface area contributed by atoms with Gasteiger partial charge in [-0.2, -0.15) is 0 Å². The van der Waals surface area contributed by atoms with Gasteiger partial charge < -0.3 is 25.8 Å². The zero-order valence-electron chi connectivity index (χ0n) is 5.34. The van der Waals surface area contributed by atoms with Crippen LogP contribution < -0.4 is 5.73 Å². The predicted molar refractivity (Wildman–Crippen MR) is 31.9 cm³/mol. The van der Waals surface area contributed by atoms with Gasteiger partial charge in [0.25, 0.3) is 0 Å². The first-order chi connectivity index (χ1) is 4.66. The molecule has 0 spiro atoms. The summed E-state index contributed by atoms with van der Waals surface area (Å²) in [5.74, 6) is 0. The minimum absolute atomic E-state index is 0.282. The van der Waals surface area contributed by atoms with Crippen LogP contribution in [-0.4, -0.2) is 46.5 Å². The van der Waals surface area contributed by atoms with Crippen LogP contribution in [0.3, 0.4) is 0 Å². The van der Waals surface area contributed by atoms with Crippen molar-refractivity contribution in [2.45, 2.75) is 24.5 Å². The van der Waals surface area contributed by atoms with E-state index in [0.29, 0.717) is 0 Å². The Morgan fingerprint density at radius 3 is 2.20 bits per heavy atom. The van der Waals surface area contributed by atoms with Crippen molar-refractivity contribution in [2.75, 3.05) is 6.61 Å². The summed E-state index contributed by atoms with van der Waals surface area (Å²) >= 11 is 0. The average Bonchev–Trinajstić information content (AvgIpc) is 2.17. The third-order valence-electron chi connectivity index (χ3n) is 1.61. The summed E-state index contributed by atoms with van der Waals surface area (Å²) in [5, 5.41) is 26.3. The van der Waals surface area contributed by atoms with Gasteiger partial charge in [0, 0.05) is 0 Å². The quantitative estimate of drug-likeness (QED) is 0.327. The fourth-order valence-corrected chi connectivity index (χ4v) is 0.925. The molecule has 0 saturated carbocycles. The van der Waals surface area contributed by atoms with E-state index in [0.717, 1.165) is 0 Å². The second-order valence-corrected chi connectivity index (χ2v) is 2.32. The fraction of sp³-hybridized carbons (Fsp3) is 1.00. The van der Waals surface area contributed by atoms with Crippen LogP contribution in [-0.2, 0) is 4.74 Å². The van der Waals surface area contributed by atoms with E-state index in [-0.39, 0.29) is 6.61 Å². The van der Waals surface area contributed by atoms with Gasteiger partial charge in [-0.3, -0.25) is 0 Å². The van der Waals surface area contributed by atoms with Crippen LogP contribution in [0.2, 0.25) is 0 Å². The number of hydrogen-bond acceptors (Lipinski definition) is 5. The van der Waals surface area contributed by atoms with Gasteiger partial charge >= 0.3 is 0 Å². The Labute approximate surface area is 58.0 Å². The summed E-state index contributed by atoms with van der Waals surface area (Å²) in [6, 6.07) is -0.694. The molecule has 0 aromatic heterocycles. The fourth-order valence-electron chi connectivity index (χ4n) is 0.925. The third kappa shape index (κ3) is 1.14. The molecule has 60 valence electrons. The molecule has 1 saturated heterocycles. The number of aliphatic hydroxyl groups excluding tert-OH is 3. The highest BCUT2D eigenvalue weighted by atomic mass is 16.6. The lowest BCUT2D eigenvalue weighted by atomic mass is 10.1. The van der Waals surface area contributed by atoms with E-state index in [1.807, 2.05) is 0 Å². The summed E-state index contributed by atoms with van der Waals surface area (Å²) in [5.41, 5.74) is 5.33. The van der Waals surface area contributed by atoms with Crippen molar-refractivity contribution in [3.63, 3.8) is 0 Å². The maximum absolute atomic E-state index is 8.96. The molecule has 0 radical (unpaired) electrons. The Morgan fingerprint density at radius 2 is 2.00 bits per heavy atom. The summed E-state index contributed by atoms with van der Waals surface area (Å²) in [7, 11) is 0. The SMILES string of the molecule is N[C@@H]1[C@H](O)[C@H](O)O[C@@H]1CO. The summed E-state index contributed by atoms with van der Waals surface area (Å²) in [6.07, 6.45) is -2.99. The summed E-state index contributed by atoms with van der Waals surface area (Å²) in [6.45, 7) is -0.282. The molecule has 5 heteroatoms. The lowest BCUT2D eigenvalue weighted by molar-refractivity contribution is -0.132. The van der Waals surface area contributed by atoms with Crippen molar-refractivity contribution in [1.82, 2.24) is 0 Å². The van der Waals surface area contributed by atoms with E-state index in [1.165, 1.54) is 0 Å².